The monoisotopic (exact) mass is 384 g/mol. The van der Waals surface area contributed by atoms with E-state index in [0.29, 0.717) is 30.2 Å². The van der Waals surface area contributed by atoms with Crippen LogP contribution in [-0.2, 0) is 4.79 Å². The summed E-state index contributed by atoms with van der Waals surface area (Å²) in [6, 6.07) is 13.5. The summed E-state index contributed by atoms with van der Waals surface area (Å²) in [7, 11) is 0. The van der Waals surface area contributed by atoms with E-state index >= 15 is 0 Å². The van der Waals surface area contributed by atoms with E-state index in [0.717, 1.165) is 5.56 Å². The molecule has 148 valence electrons. The lowest BCUT2D eigenvalue weighted by Gasteiger charge is -2.18. The summed E-state index contributed by atoms with van der Waals surface area (Å²) in [5, 5.41) is 15.3. The Morgan fingerprint density at radius 3 is 2.39 bits per heavy atom. The fourth-order valence-corrected chi connectivity index (χ4v) is 2.54. The average molecular weight is 384 g/mol. The summed E-state index contributed by atoms with van der Waals surface area (Å²) in [6.07, 6.45) is 0. The SMILES string of the molecule is CCN(CC)C(=O)COc1ccc(/C(C)=N/Nc2ccccc2[N+](=O)[O-])cc1. The molecule has 0 atom stereocenters. The third-order valence-corrected chi connectivity index (χ3v) is 4.20. The third-order valence-electron chi connectivity index (χ3n) is 4.20. The molecule has 0 saturated heterocycles. The molecule has 0 heterocycles. The number of amides is 1. The van der Waals surface area contributed by atoms with E-state index in [1.54, 1.807) is 42.2 Å². The van der Waals surface area contributed by atoms with Crippen LogP contribution in [0.5, 0.6) is 5.75 Å². The van der Waals surface area contributed by atoms with Gasteiger partial charge in [-0.1, -0.05) is 12.1 Å². The van der Waals surface area contributed by atoms with Crippen LogP contribution >= 0.6 is 0 Å². The Balaban J connectivity index is 2.00. The summed E-state index contributed by atoms with van der Waals surface area (Å²) in [5.41, 5.74) is 4.50. The lowest BCUT2D eigenvalue weighted by atomic mass is 10.1. The number of anilines is 1. The van der Waals surface area contributed by atoms with Crippen LogP contribution in [-0.4, -0.2) is 41.1 Å². The molecular weight excluding hydrogens is 360 g/mol. The van der Waals surface area contributed by atoms with Gasteiger partial charge in [0.05, 0.1) is 10.6 Å². The summed E-state index contributed by atoms with van der Waals surface area (Å²) in [5.74, 6) is 0.532. The number of nitro benzene ring substituents is 1. The van der Waals surface area contributed by atoms with Gasteiger partial charge in [0, 0.05) is 19.2 Å². The molecule has 0 aromatic heterocycles. The summed E-state index contributed by atoms with van der Waals surface area (Å²) in [4.78, 5) is 24.3. The second-order valence-electron chi connectivity index (χ2n) is 5.96. The van der Waals surface area contributed by atoms with E-state index in [9.17, 15) is 14.9 Å². The van der Waals surface area contributed by atoms with Crippen LogP contribution in [0.25, 0.3) is 0 Å². The molecular formula is C20H24N4O4. The Hall–Kier alpha value is -3.42. The highest BCUT2D eigenvalue weighted by atomic mass is 16.6. The molecule has 1 N–H and O–H groups in total. The topological polar surface area (TPSA) is 97.1 Å². The molecule has 0 radical (unpaired) electrons. The zero-order chi connectivity index (χ0) is 20.5. The van der Waals surface area contributed by atoms with E-state index in [2.05, 4.69) is 10.5 Å². The predicted molar refractivity (Wildman–Crippen MR) is 109 cm³/mol. The Bertz CT molecular complexity index is 846. The first kappa shape index (κ1) is 20.9. The van der Waals surface area contributed by atoms with Crippen LogP contribution in [0.1, 0.15) is 26.3 Å². The average Bonchev–Trinajstić information content (AvgIpc) is 2.71. The Kier molecular flexibility index (Phi) is 7.50. The van der Waals surface area contributed by atoms with Gasteiger partial charge in [0.25, 0.3) is 11.6 Å². The maximum atomic E-state index is 12.0. The minimum Gasteiger partial charge on any atom is -0.484 e. The minimum atomic E-state index is -0.460. The number of ether oxygens (including phenoxy) is 1. The van der Waals surface area contributed by atoms with Gasteiger partial charge in [-0.25, -0.2) is 0 Å². The van der Waals surface area contributed by atoms with Gasteiger partial charge in [0.1, 0.15) is 11.4 Å². The first-order valence-corrected chi connectivity index (χ1v) is 9.01. The quantitative estimate of drug-likeness (QED) is 0.404. The van der Waals surface area contributed by atoms with Crippen molar-refractivity contribution in [2.24, 2.45) is 5.10 Å². The van der Waals surface area contributed by atoms with E-state index in [-0.39, 0.29) is 18.2 Å². The number of nitro groups is 1. The molecule has 2 aromatic carbocycles. The zero-order valence-electron chi connectivity index (χ0n) is 16.2. The van der Waals surface area contributed by atoms with Gasteiger partial charge < -0.3 is 9.64 Å². The Morgan fingerprint density at radius 2 is 1.79 bits per heavy atom. The first-order chi connectivity index (χ1) is 13.5. The number of benzene rings is 2. The van der Waals surface area contributed by atoms with Crippen molar-refractivity contribution < 1.29 is 14.5 Å². The van der Waals surface area contributed by atoms with Crippen molar-refractivity contribution in [3.8, 4) is 5.75 Å². The number of carbonyl (C=O) groups is 1. The van der Waals surface area contributed by atoms with Gasteiger partial charge in [-0.05, 0) is 56.7 Å². The van der Waals surface area contributed by atoms with Gasteiger partial charge in [0.15, 0.2) is 6.61 Å². The van der Waals surface area contributed by atoms with Crippen molar-refractivity contribution >= 4 is 23.0 Å². The van der Waals surface area contributed by atoms with Crippen molar-refractivity contribution in [2.45, 2.75) is 20.8 Å². The maximum absolute atomic E-state index is 12.0. The fourth-order valence-electron chi connectivity index (χ4n) is 2.54. The molecule has 2 rings (SSSR count). The van der Waals surface area contributed by atoms with Crippen LogP contribution < -0.4 is 10.2 Å². The minimum absolute atomic E-state index is 0.00662. The number of nitrogens with one attached hydrogen (secondary N) is 1. The highest BCUT2D eigenvalue weighted by Crippen LogP contribution is 2.23. The second-order valence-corrected chi connectivity index (χ2v) is 5.96. The largest absolute Gasteiger partial charge is 0.484 e. The van der Waals surface area contributed by atoms with Crippen LogP contribution in [0.15, 0.2) is 53.6 Å². The highest BCUT2D eigenvalue weighted by molar-refractivity contribution is 5.99. The molecule has 0 aliphatic rings. The molecule has 8 heteroatoms. The van der Waals surface area contributed by atoms with Crippen LogP contribution in [0.4, 0.5) is 11.4 Å². The van der Waals surface area contributed by atoms with E-state index < -0.39 is 4.92 Å². The summed E-state index contributed by atoms with van der Waals surface area (Å²) >= 11 is 0. The normalized spacial score (nSPS) is 11.0. The number of likely N-dealkylation sites (N-methyl/N-ethyl adjacent to an activating group) is 1. The van der Waals surface area contributed by atoms with Crippen molar-refractivity contribution in [3.05, 3.63) is 64.2 Å². The molecule has 0 fully saturated rings. The van der Waals surface area contributed by atoms with Gasteiger partial charge in [0.2, 0.25) is 0 Å². The molecule has 2 aromatic rings. The van der Waals surface area contributed by atoms with E-state index in [4.69, 9.17) is 4.74 Å². The first-order valence-electron chi connectivity index (χ1n) is 9.01. The number of nitrogens with zero attached hydrogens (tertiary/aromatic N) is 3. The number of rotatable bonds is 9. The lowest BCUT2D eigenvalue weighted by molar-refractivity contribution is -0.384. The van der Waals surface area contributed by atoms with Gasteiger partial charge in [-0.15, -0.1) is 0 Å². The fraction of sp³-hybridized carbons (Fsp3) is 0.300. The van der Waals surface area contributed by atoms with Crippen LogP contribution in [0.2, 0.25) is 0 Å². The number of carbonyl (C=O) groups excluding carboxylic acids is 1. The van der Waals surface area contributed by atoms with Crippen molar-refractivity contribution in [3.63, 3.8) is 0 Å². The van der Waals surface area contributed by atoms with Crippen LogP contribution in [0, 0.1) is 10.1 Å². The molecule has 1 amide bonds. The number of hydrogen-bond donors (Lipinski definition) is 1. The maximum Gasteiger partial charge on any atom is 0.294 e. The number of hydrazone groups is 1. The lowest BCUT2D eigenvalue weighted by Crippen LogP contribution is -2.34. The zero-order valence-corrected chi connectivity index (χ0v) is 16.2. The highest BCUT2D eigenvalue weighted by Gasteiger charge is 2.12. The summed E-state index contributed by atoms with van der Waals surface area (Å²) in [6.45, 7) is 6.95. The molecule has 0 spiro atoms. The van der Waals surface area contributed by atoms with Crippen LogP contribution in [0.3, 0.4) is 0 Å². The molecule has 8 nitrogen and oxygen atoms in total. The Morgan fingerprint density at radius 1 is 1.14 bits per heavy atom. The Labute approximate surface area is 164 Å². The predicted octanol–water partition coefficient (Wildman–Crippen LogP) is 3.68. The standard InChI is InChI=1S/C20H24N4O4/c1-4-23(5-2)20(25)14-28-17-12-10-16(11-13-17)15(3)21-22-18-8-6-7-9-19(18)24(26)27/h6-13,22H,4-5,14H2,1-3H3/b21-15+. The van der Waals surface area contributed by atoms with Gasteiger partial charge >= 0.3 is 0 Å². The van der Waals surface area contributed by atoms with Crippen molar-refractivity contribution in [1.29, 1.82) is 0 Å². The molecule has 0 bridgehead atoms. The van der Waals surface area contributed by atoms with E-state index in [1.807, 2.05) is 26.0 Å². The smallest absolute Gasteiger partial charge is 0.294 e. The van der Waals surface area contributed by atoms with E-state index in [1.165, 1.54) is 6.07 Å². The second kappa shape index (κ2) is 10.1. The van der Waals surface area contributed by atoms with Crippen molar-refractivity contribution in [2.75, 3.05) is 25.1 Å². The van der Waals surface area contributed by atoms with Gasteiger partial charge in [-0.3, -0.25) is 20.3 Å². The summed E-state index contributed by atoms with van der Waals surface area (Å²) < 4.78 is 5.54. The molecule has 0 aliphatic heterocycles. The van der Waals surface area contributed by atoms with Crippen molar-refractivity contribution in [1.82, 2.24) is 4.90 Å². The molecule has 28 heavy (non-hydrogen) atoms. The number of hydrogen-bond acceptors (Lipinski definition) is 6. The van der Waals surface area contributed by atoms with Gasteiger partial charge in [-0.2, -0.15) is 5.10 Å². The third kappa shape index (κ3) is 5.54. The number of para-hydroxylation sites is 2. The molecule has 0 saturated carbocycles. The molecule has 0 aliphatic carbocycles. The molecule has 0 unspecified atom stereocenters.